The zero-order valence-electron chi connectivity index (χ0n) is 9.71. The molecule has 1 amide bonds. The standard InChI is InChI=1S/C6H14.C3H7NO.CH4O/c1-3-5-6-4-2;1-4(2)3-5;1-2/h3-6H2,1-2H3;3H,1-2H3;2H,1H3. The molecule has 0 bridgehead atoms. The van der Waals surface area contributed by atoms with Crippen LogP contribution in [-0.2, 0) is 4.79 Å². The number of nitrogens with zero attached hydrogens (tertiary/aromatic N) is 1. The van der Waals surface area contributed by atoms with Crippen molar-refractivity contribution in [3.05, 3.63) is 0 Å². The molecule has 1 N–H and O–H groups in total. The first kappa shape index (κ1) is 18.3. The lowest BCUT2D eigenvalue weighted by Crippen LogP contribution is -2.06. The Labute approximate surface area is 82.8 Å². The first-order chi connectivity index (χ1) is 6.18. The minimum Gasteiger partial charge on any atom is -0.400 e. The van der Waals surface area contributed by atoms with Crippen LogP contribution in [-0.4, -0.2) is 37.6 Å². The molecule has 0 aliphatic heterocycles. The van der Waals surface area contributed by atoms with Crippen LogP contribution in [0.3, 0.4) is 0 Å². The predicted molar refractivity (Wildman–Crippen MR) is 57.7 cm³/mol. The molecule has 0 aromatic rings. The van der Waals surface area contributed by atoms with Gasteiger partial charge in [-0.3, -0.25) is 4.79 Å². The van der Waals surface area contributed by atoms with Crippen molar-refractivity contribution in [2.75, 3.05) is 21.2 Å². The molecule has 3 heteroatoms. The van der Waals surface area contributed by atoms with E-state index < -0.39 is 0 Å². The van der Waals surface area contributed by atoms with Gasteiger partial charge in [-0.05, 0) is 0 Å². The zero-order chi connectivity index (χ0) is 11.1. The van der Waals surface area contributed by atoms with Gasteiger partial charge in [0, 0.05) is 21.2 Å². The topological polar surface area (TPSA) is 40.5 Å². The van der Waals surface area contributed by atoms with Crippen LogP contribution in [0.25, 0.3) is 0 Å². The fourth-order valence-corrected chi connectivity index (χ4v) is 0.500. The Morgan fingerprint density at radius 1 is 1.08 bits per heavy atom. The smallest absolute Gasteiger partial charge is 0.209 e. The molecule has 0 aliphatic rings. The highest BCUT2D eigenvalue weighted by Gasteiger charge is 1.75. The highest BCUT2D eigenvalue weighted by atomic mass is 16.2. The van der Waals surface area contributed by atoms with Crippen molar-refractivity contribution in [2.45, 2.75) is 39.5 Å². The summed E-state index contributed by atoms with van der Waals surface area (Å²) in [5.74, 6) is 0. The van der Waals surface area contributed by atoms with Gasteiger partial charge in [0.1, 0.15) is 0 Å². The highest BCUT2D eigenvalue weighted by Crippen LogP contribution is 1.95. The van der Waals surface area contributed by atoms with Gasteiger partial charge in [-0.25, -0.2) is 0 Å². The molecular formula is C10H25NO2. The normalized spacial score (nSPS) is 7.23. The van der Waals surface area contributed by atoms with Crippen LogP contribution >= 0.6 is 0 Å². The van der Waals surface area contributed by atoms with Crippen LogP contribution in [0, 0.1) is 0 Å². The summed E-state index contributed by atoms with van der Waals surface area (Å²) in [6.07, 6.45) is 6.29. The molecule has 0 heterocycles. The van der Waals surface area contributed by atoms with E-state index in [9.17, 15) is 4.79 Å². The Hall–Kier alpha value is -0.570. The van der Waals surface area contributed by atoms with Gasteiger partial charge in [0.2, 0.25) is 6.41 Å². The average Bonchev–Trinajstić information content (AvgIpc) is 2.18. The number of unbranched alkanes of at least 4 members (excludes halogenated alkanes) is 3. The summed E-state index contributed by atoms with van der Waals surface area (Å²) in [6.45, 7) is 4.46. The molecule has 0 atom stereocenters. The van der Waals surface area contributed by atoms with Crippen molar-refractivity contribution >= 4 is 6.41 Å². The van der Waals surface area contributed by atoms with Crippen molar-refractivity contribution < 1.29 is 9.90 Å². The SMILES string of the molecule is CCCCCC.CN(C)C=O.CO. The van der Waals surface area contributed by atoms with Gasteiger partial charge >= 0.3 is 0 Å². The number of hydrogen-bond acceptors (Lipinski definition) is 2. The predicted octanol–water partition coefficient (Wildman–Crippen LogP) is 1.90. The van der Waals surface area contributed by atoms with Crippen LogP contribution in [0.4, 0.5) is 0 Å². The molecule has 0 fully saturated rings. The average molecular weight is 191 g/mol. The van der Waals surface area contributed by atoms with E-state index in [1.165, 1.54) is 30.6 Å². The maximum absolute atomic E-state index is 9.43. The van der Waals surface area contributed by atoms with Gasteiger partial charge in [0.15, 0.2) is 0 Å². The third-order valence-corrected chi connectivity index (χ3v) is 1.17. The van der Waals surface area contributed by atoms with E-state index in [-0.39, 0.29) is 0 Å². The number of hydrogen-bond donors (Lipinski definition) is 1. The van der Waals surface area contributed by atoms with Gasteiger partial charge in [0.05, 0.1) is 0 Å². The summed E-state index contributed by atoms with van der Waals surface area (Å²) < 4.78 is 0. The second-order valence-electron chi connectivity index (χ2n) is 2.78. The first-order valence-corrected chi connectivity index (χ1v) is 4.75. The van der Waals surface area contributed by atoms with E-state index in [0.717, 1.165) is 13.5 Å². The lowest BCUT2D eigenvalue weighted by molar-refractivity contribution is -0.115. The van der Waals surface area contributed by atoms with Gasteiger partial charge in [-0.1, -0.05) is 39.5 Å². The Balaban J connectivity index is -0.000000131. The fraction of sp³-hybridized carbons (Fsp3) is 0.900. The minimum absolute atomic E-state index is 0.750. The first-order valence-electron chi connectivity index (χ1n) is 4.75. The second kappa shape index (κ2) is 22.5. The van der Waals surface area contributed by atoms with Crippen molar-refractivity contribution in [1.82, 2.24) is 4.90 Å². The zero-order valence-corrected chi connectivity index (χ0v) is 9.71. The molecule has 0 saturated carbocycles. The molecule has 0 aromatic carbocycles. The van der Waals surface area contributed by atoms with Gasteiger partial charge in [0.25, 0.3) is 0 Å². The van der Waals surface area contributed by atoms with E-state index >= 15 is 0 Å². The molecule has 0 aromatic heterocycles. The summed E-state index contributed by atoms with van der Waals surface area (Å²) in [5, 5.41) is 7.00. The number of carbonyl (C=O) groups is 1. The summed E-state index contributed by atoms with van der Waals surface area (Å²) in [7, 11) is 4.38. The maximum atomic E-state index is 9.43. The molecule has 0 aliphatic carbocycles. The van der Waals surface area contributed by atoms with E-state index in [0.29, 0.717) is 0 Å². The van der Waals surface area contributed by atoms with Gasteiger partial charge < -0.3 is 10.0 Å². The van der Waals surface area contributed by atoms with Crippen LogP contribution in [0.15, 0.2) is 0 Å². The lowest BCUT2D eigenvalue weighted by atomic mass is 10.2. The minimum atomic E-state index is 0.750. The van der Waals surface area contributed by atoms with E-state index in [1.807, 2.05) is 0 Å². The molecule has 3 nitrogen and oxygen atoms in total. The lowest BCUT2D eigenvalue weighted by Gasteiger charge is -1.93. The summed E-state index contributed by atoms with van der Waals surface area (Å²) in [4.78, 5) is 10.9. The molecule has 82 valence electrons. The van der Waals surface area contributed by atoms with E-state index in [2.05, 4.69) is 13.8 Å². The molecule has 13 heavy (non-hydrogen) atoms. The molecular weight excluding hydrogens is 166 g/mol. The Morgan fingerprint density at radius 2 is 1.31 bits per heavy atom. The van der Waals surface area contributed by atoms with Crippen molar-refractivity contribution in [3.8, 4) is 0 Å². The summed E-state index contributed by atoms with van der Waals surface area (Å²) in [6, 6.07) is 0. The molecule has 0 unspecified atom stereocenters. The van der Waals surface area contributed by atoms with E-state index in [4.69, 9.17) is 5.11 Å². The molecule has 0 saturated heterocycles. The van der Waals surface area contributed by atoms with Crippen molar-refractivity contribution in [3.63, 3.8) is 0 Å². The Morgan fingerprint density at radius 3 is 1.38 bits per heavy atom. The Bertz CT molecular complexity index is 71.3. The fourth-order valence-electron chi connectivity index (χ4n) is 0.500. The number of rotatable bonds is 4. The monoisotopic (exact) mass is 191 g/mol. The van der Waals surface area contributed by atoms with E-state index in [1.54, 1.807) is 14.1 Å². The number of carbonyl (C=O) groups excluding carboxylic acids is 1. The second-order valence-corrected chi connectivity index (χ2v) is 2.78. The number of amides is 1. The number of aliphatic hydroxyl groups excluding tert-OH is 1. The van der Waals surface area contributed by atoms with Gasteiger partial charge in [-0.2, -0.15) is 0 Å². The molecule has 0 spiro atoms. The van der Waals surface area contributed by atoms with Crippen LogP contribution in [0.2, 0.25) is 0 Å². The third-order valence-electron chi connectivity index (χ3n) is 1.17. The van der Waals surface area contributed by atoms with Crippen molar-refractivity contribution in [2.24, 2.45) is 0 Å². The largest absolute Gasteiger partial charge is 0.400 e. The third kappa shape index (κ3) is 51.8. The number of aliphatic hydroxyl groups is 1. The van der Waals surface area contributed by atoms with Crippen molar-refractivity contribution in [1.29, 1.82) is 0 Å². The quantitative estimate of drug-likeness (QED) is 0.544. The maximum Gasteiger partial charge on any atom is 0.209 e. The van der Waals surface area contributed by atoms with Gasteiger partial charge in [-0.15, -0.1) is 0 Å². The summed E-state index contributed by atoms with van der Waals surface area (Å²) >= 11 is 0. The molecule has 0 radical (unpaired) electrons. The van der Waals surface area contributed by atoms with Crippen LogP contribution in [0.5, 0.6) is 0 Å². The highest BCUT2D eigenvalue weighted by molar-refractivity contribution is 5.45. The Kier molecular flexibility index (Phi) is 31.6. The van der Waals surface area contributed by atoms with Crippen LogP contribution < -0.4 is 0 Å². The molecule has 0 rings (SSSR count). The summed E-state index contributed by atoms with van der Waals surface area (Å²) in [5.41, 5.74) is 0. The van der Waals surface area contributed by atoms with Crippen LogP contribution in [0.1, 0.15) is 39.5 Å².